The Kier molecular flexibility index (Phi) is 4.50. The average molecular weight is 329 g/mol. The van der Waals surface area contributed by atoms with Crippen LogP contribution >= 0.6 is 0 Å². The summed E-state index contributed by atoms with van der Waals surface area (Å²) < 4.78 is 10.6. The topological polar surface area (TPSA) is 84.5 Å². The number of carbonyl (C=O) groups is 1. The first-order chi connectivity index (χ1) is 11.6. The summed E-state index contributed by atoms with van der Waals surface area (Å²) >= 11 is 0. The Labute approximate surface area is 139 Å². The van der Waals surface area contributed by atoms with Crippen molar-refractivity contribution in [1.82, 2.24) is 15.1 Å². The maximum absolute atomic E-state index is 12.7. The zero-order chi connectivity index (χ0) is 17.1. The van der Waals surface area contributed by atoms with Crippen molar-refractivity contribution in [3.63, 3.8) is 0 Å². The molecule has 1 aliphatic heterocycles. The van der Waals surface area contributed by atoms with E-state index in [1.165, 1.54) is 12.1 Å². The van der Waals surface area contributed by atoms with Gasteiger partial charge in [-0.3, -0.25) is 9.59 Å². The first-order valence-corrected chi connectivity index (χ1v) is 7.72. The van der Waals surface area contributed by atoms with Crippen molar-refractivity contribution in [3.05, 3.63) is 51.9 Å². The average Bonchev–Trinajstić information content (AvgIpc) is 3.10. The highest BCUT2D eigenvalue weighted by Crippen LogP contribution is 2.37. The molecule has 0 radical (unpaired) electrons. The smallest absolute Gasteiger partial charge is 0.274 e. The number of aromatic amines is 1. The van der Waals surface area contributed by atoms with Crippen LogP contribution in [0.5, 0.6) is 11.5 Å². The van der Waals surface area contributed by atoms with Gasteiger partial charge in [0.1, 0.15) is 5.69 Å². The number of carbonyl (C=O) groups excluding carboxylic acids is 1. The van der Waals surface area contributed by atoms with Gasteiger partial charge in [-0.15, -0.1) is 0 Å². The number of benzene rings is 1. The van der Waals surface area contributed by atoms with Gasteiger partial charge in [0.2, 0.25) is 0 Å². The first-order valence-electron chi connectivity index (χ1n) is 7.72. The Hall–Kier alpha value is -2.83. The molecule has 0 unspecified atom stereocenters. The van der Waals surface area contributed by atoms with Crippen LogP contribution in [0.15, 0.2) is 35.1 Å². The molecule has 1 atom stereocenters. The lowest BCUT2D eigenvalue weighted by Gasteiger charge is -2.25. The van der Waals surface area contributed by atoms with E-state index in [0.717, 1.165) is 18.4 Å². The number of rotatable bonds is 4. The second kappa shape index (κ2) is 6.74. The molecule has 0 saturated carbocycles. The van der Waals surface area contributed by atoms with E-state index in [1.807, 2.05) is 18.2 Å². The highest BCUT2D eigenvalue weighted by Gasteiger charge is 2.31. The summed E-state index contributed by atoms with van der Waals surface area (Å²) in [5.41, 5.74) is 0.898. The summed E-state index contributed by atoms with van der Waals surface area (Å²) in [5.74, 6) is 1.10. The van der Waals surface area contributed by atoms with Gasteiger partial charge in [-0.1, -0.05) is 6.07 Å². The zero-order valence-electron chi connectivity index (χ0n) is 13.6. The van der Waals surface area contributed by atoms with E-state index in [1.54, 1.807) is 19.1 Å². The van der Waals surface area contributed by atoms with Crippen LogP contribution in [0.1, 0.15) is 34.9 Å². The van der Waals surface area contributed by atoms with Crippen molar-refractivity contribution in [2.24, 2.45) is 0 Å². The van der Waals surface area contributed by atoms with Crippen LogP contribution < -0.4 is 15.0 Å². The summed E-state index contributed by atoms with van der Waals surface area (Å²) in [6.07, 6.45) is 1.78. The molecule has 1 N–H and O–H groups in total. The molecular formula is C17H19N3O4. The fourth-order valence-electron chi connectivity index (χ4n) is 3.03. The molecular weight excluding hydrogens is 310 g/mol. The lowest BCUT2D eigenvalue weighted by Crippen LogP contribution is -2.32. The number of hydrogen-bond donors (Lipinski definition) is 1. The Bertz CT molecular complexity index is 782. The van der Waals surface area contributed by atoms with Gasteiger partial charge < -0.3 is 14.4 Å². The van der Waals surface area contributed by atoms with Gasteiger partial charge in [0.05, 0.1) is 20.3 Å². The van der Waals surface area contributed by atoms with Gasteiger partial charge in [-0.25, -0.2) is 5.10 Å². The van der Waals surface area contributed by atoms with Crippen molar-refractivity contribution in [2.75, 3.05) is 20.8 Å². The Balaban J connectivity index is 1.89. The quantitative estimate of drug-likeness (QED) is 0.924. The molecule has 1 aromatic heterocycles. The van der Waals surface area contributed by atoms with Crippen molar-refractivity contribution >= 4 is 5.91 Å². The van der Waals surface area contributed by atoms with Gasteiger partial charge >= 0.3 is 0 Å². The zero-order valence-corrected chi connectivity index (χ0v) is 13.6. The third kappa shape index (κ3) is 2.97. The van der Waals surface area contributed by atoms with E-state index in [9.17, 15) is 9.59 Å². The molecule has 126 valence electrons. The predicted molar refractivity (Wildman–Crippen MR) is 87.4 cm³/mol. The second-order valence-electron chi connectivity index (χ2n) is 5.58. The maximum atomic E-state index is 12.7. The molecule has 1 fully saturated rings. The Morgan fingerprint density at radius 1 is 1.21 bits per heavy atom. The van der Waals surface area contributed by atoms with Gasteiger partial charge in [-0.05, 0) is 36.6 Å². The summed E-state index contributed by atoms with van der Waals surface area (Å²) in [7, 11) is 3.17. The Morgan fingerprint density at radius 3 is 2.67 bits per heavy atom. The van der Waals surface area contributed by atoms with E-state index in [-0.39, 0.29) is 23.2 Å². The van der Waals surface area contributed by atoms with E-state index >= 15 is 0 Å². The number of methoxy groups -OCH3 is 2. The van der Waals surface area contributed by atoms with E-state index in [0.29, 0.717) is 18.0 Å². The van der Waals surface area contributed by atoms with E-state index in [4.69, 9.17) is 9.47 Å². The standard InChI is InChI=1S/C17H19N3O4/c1-23-14-7-5-11(10-15(14)24-2)13-4-3-9-20(13)17(22)12-6-8-16(21)19-18-12/h5-8,10,13H,3-4,9H2,1-2H3,(H,19,21)/t13-/m1/s1. The third-order valence-electron chi connectivity index (χ3n) is 4.20. The SMILES string of the molecule is COc1ccc([C@H]2CCCN2C(=O)c2ccc(=O)[nH]n2)cc1OC. The molecule has 1 aliphatic rings. The fraction of sp³-hybridized carbons (Fsp3) is 0.353. The predicted octanol–water partition coefficient (Wildman–Crippen LogP) is 1.76. The van der Waals surface area contributed by atoms with E-state index < -0.39 is 0 Å². The number of ether oxygens (including phenoxy) is 2. The minimum Gasteiger partial charge on any atom is -0.493 e. The van der Waals surface area contributed by atoms with Crippen LogP contribution in [0, 0.1) is 0 Å². The molecule has 2 heterocycles. The number of aromatic nitrogens is 2. The summed E-state index contributed by atoms with van der Waals surface area (Å²) in [6, 6.07) is 8.39. The number of likely N-dealkylation sites (tertiary alicyclic amines) is 1. The third-order valence-corrected chi connectivity index (χ3v) is 4.20. The number of H-pyrrole nitrogens is 1. The molecule has 7 nitrogen and oxygen atoms in total. The minimum atomic E-state index is -0.329. The van der Waals surface area contributed by atoms with Crippen molar-refractivity contribution in [1.29, 1.82) is 0 Å². The van der Waals surface area contributed by atoms with E-state index in [2.05, 4.69) is 10.2 Å². The Morgan fingerprint density at radius 2 is 2.00 bits per heavy atom. The van der Waals surface area contributed by atoms with Crippen LogP contribution in [-0.4, -0.2) is 41.8 Å². The van der Waals surface area contributed by atoms with Crippen LogP contribution in [0.3, 0.4) is 0 Å². The molecule has 7 heteroatoms. The molecule has 24 heavy (non-hydrogen) atoms. The maximum Gasteiger partial charge on any atom is 0.274 e. The number of amides is 1. The second-order valence-corrected chi connectivity index (χ2v) is 5.58. The highest BCUT2D eigenvalue weighted by molar-refractivity contribution is 5.92. The normalized spacial score (nSPS) is 16.9. The molecule has 3 rings (SSSR count). The molecule has 1 amide bonds. The van der Waals surface area contributed by atoms with Crippen molar-refractivity contribution in [2.45, 2.75) is 18.9 Å². The van der Waals surface area contributed by atoms with Gasteiger partial charge in [0.15, 0.2) is 11.5 Å². The minimum absolute atomic E-state index is 0.0500. The van der Waals surface area contributed by atoms with Crippen LogP contribution in [0.2, 0.25) is 0 Å². The summed E-state index contributed by atoms with van der Waals surface area (Å²) in [5, 5.41) is 6.14. The number of hydrogen-bond acceptors (Lipinski definition) is 5. The molecule has 0 spiro atoms. The molecule has 1 saturated heterocycles. The van der Waals surface area contributed by atoms with Crippen LogP contribution in [-0.2, 0) is 0 Å². The first kappa shape index (κ1) is 16.0. The molecule has 1 aromatic carbocycles. The lowest BCUT2D eigenvalue weighted by atomic mass is 10.0. The molecule has 0 bridgehead atoms. The largest absolute Gasteiger partial charge is 0.493 e. The molecule has 2 aromatic rings. The van der Waals surface area contributed by atoms with Crippen LogP contribution in [0.25, 0.3) is 0 Å². The summed E-state index contributed by atoms with van der Waals surface area (Å²) in [4.78, 5) is 25.6. The van der Waals surface area contributed by atoms with Gasteiger partial charge in [-0.2, -0.15) is 5.10 Å². The monoisotopic (exact) mass is 329 g/mol. The fourth-order valence-corrected chi connectivity index (χ4v) is 3.03. The number of nitrogens with one attached hydrogen (secondary N) is 1. The van der Waals surface area contributed by atoms with Gasteiger partial charge in [0, 0.05) is 12.6 Å². The highest BCUT2D eigenvalue weighted by atomic mass is 16.5. The van der Waals surface area contributed by atoms with Gasteiger partial charge in [0.25, 0.3) is 11.5 Å². The summed E-state index contributed by atoms with van der Waals surface area (Å²) in [6.45, 7) is 0.651. The number of nitrogens with zero attached hydrogens (tertiary/aromatic N) is 2. The van der Waals surface area contributed by atoms with Crippen LogP contribution in [0.4, 0.5) is 0 Å². The lowest BCUT2D eigenvalue weighted by molar-refractivity contribution is 0.0728. The van der Waals surface area contributed by atoms with Crippen molar-refractivity contribution < 1.29 is 14.3 Å². The molecule has 0 aliphatic carbocycles. The van der Waals surface area contributed by atoms with Crippen molar-refractivity contribution in [3.8, 4) is 11.5 Å².